The van der Waals surface area contributed by atoms with Gasteiger partial charge in [0.05, 0.1) is 0 Å². The summed E-state index contributed by atoms with van der Waals surface area (Å²) in [6.07, 6.45) is 6.87. The van der Waals surface area contributed by atoms with Gasteiger partial charge < -0.3 is 11.1 Å². The third-order valence-corrected chi connectivity index (χ3v) is 4.70. The maximum atomic E-state index is 11.1. The number of rotatable bonds is 4. The second-order valence-electron chi connectivity index (χ2n) is 5.99. The van der Waals surface area contributed by atoms with E-state index in [1.54, 1.807) is 0 Å². The minimum absolute atomic E-state index is 0.111. The van der Waals surface area contributed by atoms with Crippen molar-refractivity contribution in [2.75, 3.05) is 0 Å². The Labute approximate surface area is 98.2 Å². The zero-order valence-electron chi connectivity index (χ0n) is 10.5. The highest BCUT2D eigenvalue weighted by Crippen LogP contribution is 2.48. The molecule has 2 saturated carbocycles. The molecule has 1 unspecified atom stereocenters. The lowest BCUT2D eigenvalue weighted by molar-refractivity contribution is -0.122. The SMILES string of the molecule is CC(NC1CCC(C(N)=O)CC1)C1(C)CC1. The molecule has 2 aliphatic rings. The monoisotopic (exact) mass is 224 g/mol. The fourth-order valence-electron chi connectivity index (χ4n) is 2.73. The molecule has 1 atom stereocenters. The van der Waals surface area contributed by atoms with Crippen LogP contribution in [0, 0.1) is 11.3 Å². The third kappa shape index (κ3) is 2.57. The molecule has 2 aliphatic carbocycles. The van der Waals surface area contributed by atoms with Gasteiger partial charge in [0.2, 0.25) is 5.91 Å². The maximum Gasteiger partial charge on any atom is 0.220 e. The quantitative estimate of drug-likeness (QED) is 0.765. The van der Waals surface area contributed by atoms with E-state index >= 15 is 0 Å². The van der Waals surface area contributed by atoms with Gasteiger partial charge in [-0.3, -0.25) is 4.79 Å². The van der Waals surface area contributed by atoms with Crippen LogP contribution in [0.2, 0.25) is 0 Å². The van der Waals surface area contributed by atoms with E-state index in [-0.39, 0.29) is 11.8 Å². The molecule has 0 spiro atoms. The van der Waals surface area contributed by atoms with Gasteiger partial charge in [-0.05, 0) is 50.9 Å². The fourth-order valence-corrected chi connectivity index (χ4v) is 2.73. The minimum atomic E-state index is -0.111. The molecule has 3 N–H and O–H groups in total. The van der Waals surface area contributed by atoms with Crippen LogP contribution in [-0.2, 0) is 4.79 Å². The number of hydrogen-bond donors (Lipinski definition) is 2. The summed E-state index contributed by atoms with van der Waals surface area (Å²) in [7, 11) is 0. The highest BCUT2D eigenvalue weighted by Gasteiger charge is 2.43. The lowest BCUT2D eigenvalue weighted by atomic mass is 9.85. The molecule has 0 saturated heterocycles. The van der Waals surface area contributed by atoms with E-state index < -0.39 is 0 Å². The lowest BCUT2D eigenvalue weighted by Gasteiger charge is -2.32. The van der Waals surface area contributed by atoms with Crippen molar-refractivity contribution >= 4 is 5.91 Å². The summed E-state index contributed by atoms with van der Waals surface area (Å²) in [5.74, 6) is 0.0190. The Hall–Kier alpha value is -0.570. The van der Waals surface area contributed by atoms with Crippen LogP contribution in [0.4, 0.5) is 0 Å². The molecule has 0 aromatic heterocycles. The molecule has 0 radical (unpaired) electrons. The van der Waals surface area contributed by atoms with Crippen LogP contribution in [0.5, 0.6) is 0 Å². The van der Waals surface area contributed by atoms with Gasteiger partial charge in [-0.1, -0.05) is 6.92 Å². The van der Waals surface area contributed by atoms with E-state index in [0.29, 0.717) is 17.5 Å². The Morgan fingerprint density at radius 2 is 1.88 bits per heavy atom. The second-order valence-corrected chi connectivity index (χ2v) is 5.99. The van der Waals surface area contributed by atoms with E-state index in [9.17, 15) is 4.79 Å². The molecule has 1 amide bonds. The van der Waals surface area contributed by atoms with E-state index in [1.807, 2.05) is 0 Å². The van der Waals surface area contributed by atoms with Crippen molar-refractivity contribution in [3.05, 3.63) is 0 Å². The van der Waals surface area contributed by atoms with Crippen LogP contribution < -0.4 is 11.1 Å². The summed E-state index contributed by atoms with van der Waals surface area (Å²) < 4.78 is 0. The van der Waals surface area contributed by atoms with Crippen molar-refractivity contribution < 1.29 is 4.79 Å². The Kier molecular flexibility index (Phi) is 3.24. The summed E-state index contributed by atoms with van der Waals surface area (Å²) in [5.41, 5.74) is 5.88. The van der Waals surface area contributed by atoms with Crippen molar-refractivity contribution in [1.29, 1.82) is 0 Å². The van der Waals surface area contributed by atoms with Gasteiger partial charge in [-0.25, -0.2) is 0 Å². The topological polar surface area (TPSA) is 55.1 Å². The second kappa shape index (κ2) is 4.36. The summed E-state index contributed by atoms with van der Waals surface area (Å²) in [4.78, 5) is 11.1. The van der Waals surface area contributed by atoms with Crippen molar-refractivity contribution in [1.82, 2.24) is 5.32 Å². The molecule has 92 valence electrons. The summed E-state index contributed by atoms with van der Waals surface area (Å²) in [5, 5.41) is 3.73. The molecular formula is C13H24N2O. The largest absolute Gasteiger partial charge is 0.369 e. The number of carbonyl (C=O) groups is 1. The molecule has 2 rings (SSSR count). The number of nitrogens with two attached hydrogens (primary N) is 1. The smallest absolute Gasteiger partial charge is 0.220 e. The zero-order chi connectivity index (χ0) is 11.8. The van der Waals surface area contributed by atoms with E-state index in [2.05, 4.69) is 19.2 Å². The first-order valence-corrected chi connectivity index (χ1v) is 6.56. The predicted octanol–water partition coefficient (Wildman–Crippen LogP) is 1.81. The fraction of sp³-hybridized carbons (Fsp3) is 0.923. The van der Waals surface area contributed by atoms with Crippen molar-refractivity contribution in [2.24, 2.45) is 17.1 Å². The molecule has 3 heteroatoms. The highest BCUT2D eigenvalue weighted by molar-refractivity contribution is 5.76. The Morgan fingerprint density at radius 3 is 2.31 bits per heavy atom. The molecule has 16 heavy (non-hydrogen) atoms. The van der Waals surface area contributed by atoms with Crippen LogP contribution in [0.3, 0.4) is 0 Å². The van der Waals surface area contributed by atoms with Crippen molar-refractivity contribution in [3.8, 4) is 0 Å². The number of amides is 1. The third-order valence-electron chi connectivity index (χ3n) is 4.70. The Bertz CT molecular complexity index is 265. The number of nitrogens with one attached hydrogen (secondary N) is 1. The van der Waals surface area contributed by atoms with E-state index in [1.165, 1.54) is 12.8 Å². The average molecular weight is 224 g/mol. The lowest BCUT2D eigenvalue weighted by Crippen LogP contribution is -2.44. The summed E-state index contributed by atoms with van der Waals surface area (Å²) >= 11 is 0. The Morgan fingerprint density at radius 1 is 1.31 bits per heavy atom. The average Bonchev–Trinajstić information content (AvgIpc) is 2.99. The number of carbonyl (C=O) groups excluding carboxylic acids is 1. The molecule has 0 aromatic carbocycles. The van der Waals surface area contributed by atoms with Crippen molar-refractivity contribution in [2.45, 2.75) is 64.5 Å². The first kappa shape index (κ1) is 11.9. The van der Waals surface area contributed by atoms with Crippen LogP contribution >= 0.6 is 0 Å². The van der Waals surface area contributed by atoms with Gasteiger partial charge in [0.15, 0.2) is 0 Å². The van der Waals surface area contributed by atoms with E-state index in [4.69, 9.17) is 5.73 Å². The zero-order valence-corrected chi connectivity index (χ0v) is 10.5. The van der Waals surface area contributed by atoms with Crippen LogP contribution in [-0.4, -0.2) is 18.0 Å². The van der Waals surface area contributed by atoms with Gasteiger partial charge in [-0.15, -0.1) is 0 Å². The summed E-state index contributed by atoms with van der Waals surface area (Å²) in [6, 6.07) is 1.21. The molecule has 0 aromatic rings. The van der Waals surface area contributed by atoms with Gasteiger partial charge >= 0.3 is 0 Å². The molecule has 0 heterocycles. The standard InChI is InChI=1S/C13H24N2O/c1-9(13(2)7-8-13)15-11-5-3-10(4-6-11)12(14)16/h9-11,15H,3-8H2,1-2H3,(H2,14,16). The summed E-state index contributed by atoms with van der Waals surface area (Å²) in [6.45, 7) is 4.66. The first-order valence-electron chi connectivity index (χ1n) is 6.56. The van der Waals surface area contributed by atoms with Crippen LogP contribution in [0.1, 0.15) is 52.4 Å². The number of primary amides is 1. The van der Waals surface area contributed by atoms with Gasteiger partial charge in [0.1, 0.15) is 0 Å². The van der Waals surface area contributed by atoms with Crippen LogP contribution in [0.25, 0.3) is 0 Å². The first-order chi connectivity index (χ1) is 7.51. The van der Waals surface area contributed by atoms with Gasteiger partial charge in [0.25, 0.3) is 0 Å². The molecule has 0 aliphatic heterocycles. The minimum Gasteiger partial charge on any atom is -0.369 e. The van der Waals surface area contributed by atoms with Gasteiger partial charge in [0, 0.05) is 18.0 Å². The van der Waals surface area contributed by atoms with E-state index in [0.717, 1.165) is 25.7 Å². The van der Waals surface area contributed by atoms with Gasteiger partial charge in [-0.2, -0.15) is 0 Å². The predicted molar refractivity (Wildman–Crippen MR) is 64.9 cm³/mol. The normalized spacial score (nSPS) is 34.4. The number of hydrogen-bond acceptors (Lipinski definition) is 2. The Balaban J connectivity index is 1.75. The van der Waals surface area contributed by atoms with Crippen LogP contribution in [0.15, 0.2) is 0 Å². The van der Waals surface area contributed by atoms with Crippen molar-refractivity contribution in [3.63, 3.8) is 0 Å². The molecular weight excluding hydrogens is 200 g/mol. The molecule has 3 nitrogen and oxygen atoms in total. The molecule has 2 fully saturated rings. The molecule has 0 bridgehead atoms. The maximum absolute atomic E-state index is 11.1. The highest BCUT2D eigenvalue weighted by atomic mass is 16.1.